The van der Waals surface area contributed by atoms with Gasteiger partial charge < -0.3 is 14.9 Å². The van der Waals surface area contributed by atoms with Gasteiger partial charge in [-0.05, 0) is 19.6 Å². The Morgan fingerprint density at radius 1 is 0.800 bits per heavy atom. The minimum absolute atomic E-state index is 0.984. The lowest BCUT2D eigenvalue weighted by atomic mass is 10.8. The Morgan fingerprint density at radius 3 is 1.30 bits per heavy atom. The van der Waals surface area contributed by atoms with Crippen molar-refractivity contribution in [3.05, 3.63) is 0 Å². The first-order valence-corrected chi connectivity index (χ1v) is 5.78. The quantitative estimate of drug-likeness (QED) is 0.461. The highest BCUT2D eigenvalue weighted by Gasteiger charge is 2.03. The van der Waals surface area contributed by atoms with Crippen molar-refractivity contribution in [3.63, 3.8) is 0 Å². The van der Waals surface area contributed by atoms with Gasteiger partial charge in [0, 0.05) is 0 Å². The van der Waals surface area contributed by atoms with Crippen LogP contribution in [0.25, 0.3) is 0 Å². The third-order valence-corrected chi connectivity index (χ3v) is 3.67. The van der Waals surface area contributed by atoms with Gasteiger partial charge in [-0.3, -0.25) is 0 Å². The van der Waals surface area contributed by atoms with Gasteiger partial charge in [-0.25, -0.2) is 0 Å². The van der Waals surface area contributed by atoms with E-state index in [1.54, 1.807) is 0 Å². The molecule has 0 aliphatic heterocycles. The standard InChI is InChI=1S/C6H19N3Si/c1-4-7-10(8-5-2)9-6-3/h7-10H,4-6H2,1-3H3. The first-order valence-electron chi connectivity index (χ1n) is 4.05. The molecule has 0 aliphatic rings. The number of nitrogens with one attached hydrogen (secondary N) is 3. The predicted octanol–water partition coefficient (Wildman–Crippen LogP) is -0.468. The molecule has 0 aliphatic carbocycles. The lowest BCUT2D eigenvalue weighted by molar-refractivity contribution is 0.820. The molecule has 0 aromatic carbocycles. The zero-order valence-electron chi connectivity index (χ0n) is 7.20. The third kappa shape index (κ3) is 4.93. The van der Waals surface area contributed by atoms with Crippen LogP contribution in [-0.2, 0) is 0 Å². The number of hydrogen-bond acceptors (Lipinski definition) is 3. The van der Waals surface area contributed by atoms with Crippen LogP contribution in [0.3, 0.4) is 0 Å². The van der Waals surface area contributed by atoms with Crippen LogP contribution >= 0.6 is 0 Å². The van der Waals surface area contributed by atoms with Crippen LogP contribution in [0.2, 0.25) is 0 Å². The average Bonchev–Trinajstić information content (AvgIpc) is 1.90. The largest absolute Gasteiger partial charge is 0.316 e. The molecular weight excluding hydrogens is 142 g/mol. The molecule has 4 heteroatoms. The Bertz CT molecular complexity index is 55.7. The van der Waals surface area contributed by atoms with E-state index in [9.17, 15) is 0 Å². The van der Waals surface area contributed by atoms with Crippen molar-refractivity contribution in [1.82, 2.24) is 14.9 Å². The normalized spacial score (nSPS) is 10.8. The second-order valence-electron chi connectivity index (χ2n) is 2.11. The molecule has 0 heterocycles. The van der Waals surface area contributed by atoms with E-state index in [2.05, 4.69) is 35.7 Å². The fourth-order valence-electron chi connectivity index (χ4n) is 0.829. The molecule has 0 aromatic heterocycles. The summed E-state index contributed by atoms with van der Waals surface area (Å²) in [6.07, 6.45) is 0. The van der Waals surface area contributed by atoms with Crippen LogP contribution in [0.15, 0.2) is 0 Å². The van der Waals surface area contributed by atoms with E-state index < -0.39 is 9.28 Å². The van der Waals surface area contributed by atoms with Crippen molar-refractivity contribution in [1.29, 1.82) is 0 Å². The Kier molecular flexibility index (Phi) is 7.28. The van der Waals surface area contributed by atoms with Gasteiger partial charge in [-0.15, -0.1) is 0 Å². The van der Waals surface area contributed by atoms with Crippen molar-refractivity contribution in [3.8, 4) is 0 Å². The van der Waals surface area contributed by atoms with Gasteiger partial charge in [0.25, 0.3) is 9.28 Å². The van der Waals surface area contributed by atoms with Gasteiger partial charge in [0.2, 0.25) is 0 Å². The van der Waals surface area contributed by atoms with E-state index in [0.29, 0.717) is 0 Å². The molecule has 0 radical (unpaired) electrons. The second-order valence-corrected chi connectivity index (χ2v) is 4.20. The van der Waals surface area contributed by atoms with E-state index in [-0.39, 0.29) is 0 Å². The minimum atomic E-state index is -0.984. The summed E-state index contributed by atoms with van der Waals surface area (Å²) in [7, 11) is -0.984. The first-order chi connectivity index (χ1) is 4.85. The summed E-state index contributed by atoms with van der Waals surface area (Å²) in [5.74, 6) is 0. The summed E-state index contributed by atoms with van der Waals surface area (Å²) in [5.41, 5.74) is 0. The van der Waals surface area contributed by atoms with Gasteiger partial charge in [0.05, 0.1) is 0 Å². The van der Waals surface area contributed by atoms with E-state index in [1.807, 2.05) is 0 Å². The third-order valence-electron chi connectivity index (χ3n) is 1.22. The van der Waals surface area contributed by atoms with Gasteiger partial charge in [0.15, 0.2) is 0 Å². The molecule has 0 saturated carbocycles. The zero-order valence-corrected chi connectivity index (χ0v) is 8.35. The topological polar surface area (TPSA) is 36.1 Å². The maximum atomic E-state index is 3.40. The van der Waals surface area contributed by atoms with E-state index in [1.165, 1.54) is 0 Å². The highest BCUT2D eigenvalue weighted by molar-refractivity contribution is 6.50. The number of rotatable bonds is 6. The molecule has 10 heavy (non-hydrogen) atoms. The first kappa shape index (κ1) is 10.1. The average molecular weight is 161 g/mol. The maximum Gasteiger partial charge on any atom is 0.264 e. The predicted molar refractivity (Wildman–Crippen MR) is 48.2 cm³/mol. The smallest absolute Gasteiger partial charge is 0.264 e. The lowest BCUT2D eigenvalue weighted by Gasteiger charge is -2.15. The molecule has 0 rings (SSSR count). The van der Waals surface area contributed by atoms with Crippen LogP contribution in [0, 0.1) is 0 Å². The Balaban J connectivity index is 3.30. The minimum Gasteiger partial charge on any atom is -0.316 e. The molecule has 0 saturated heterocycles. The summed E-state index contributed by atoms with van der Waals surface area (Å²) in [6, 6.07) is 0. The van der Waals surface area contributed by atoms with Crippen molar-refractivity contribution < 1.29 is 0 Å². The van der Waals surface area contributed by atoms with E-state index in [4.69, 9.17) is 0 Å². The molecule has 0 atom stereocenters. The fraction of sp³-hybridized carbons (Fsp3) is 1.00. The molecule has 3 N–H and O–H groups in total. The van der Waals surface area contributed by atoms with E-state index in [0.717, 1.165) is 19.6 Å². The molecule has 0 spiro atoms. The van der Waals surface area contributed by atoms with Crippen LogP contribution in [0.1, 0.15) is 20.8 Å². The molecule has 0 fully saturated rings. The molecule has 3 nitrogen and oxygen atoms in total. The number of hydrogen-bond donors (Lipinski definition) is 3. The SMILES string of the molecule is CCN[SiH](NCC)NCC. The van der Waals surface area contributed by atoms with Crippen LogP contribution in [-0.4, -0.2) is 28.9 Å². The van der Waals surface area contributed by atoms with Crippen LogP contribution in [0.5, 0.6) is 0 Å². The van der Waals surface area contributed by atoms with Crippen LogP contribution in [0.4, 0.5) is 0 Å². The van der Waals surface area contributed by atoms with Gasteiger partial charge >= 0.3 is 0 Å². The second kappa shape index (κ2) is 7.21. The molecule has 0 unspecified atom stereocenters. The molecule has 0 amide bonds. The monoisotopic (exact) mass is 161 g/mol. The van der Waals surface area contributed by atoms with Crippen LogP contribution < -0.4 is 14.9 Å². The molecular formula is C6H19N3Si. The Morgan fingerprint density at radius 2 is 1.10 bits per heavy atom. The lowest BCUT2D eigenvalue weighted by Crippen LogP contribution is -2.57. The van der Waals surface area contributed by atoms with Crippen molar-refractivity contribution in [2.24, 2.45) is 0 Å². The maximum absolute atomic E-state index is 3.40. The summed E-state index contributed by atoms with van der Waals surface area (Å²) in [5, 5.41) is 0. The summed E-state index contributed by atoms with van der Waals surface area (Å²) >= 11 is 0. The Labute approximate surface area is 65.4 Å². The summed E-state index contributed by atoms with van der Waals surface area (Å²) in [6.45, 7) is 9.56. The Hall–Kier alpha value is 0.0969. The van der Waals surface area contributed by atoms with Crippen molar-refractivity contribution >= 4 is 9.28 Å². The highest BCUT2D eigenvalue weighted by atomic mass is 28.3. The van der Waals surface area contributed by atoms with E-state index >= 15 is 0 Å². The summed E-state index contributed by atoms with van der Waals surface area (Å²) < 4.78 is 0. The van der Waals surface area contributed by atoms with Gasteiger partial charge in [-0.1, -0.05) is 20.8 Å². The molecule has 0 aromatic rings. The van der Waals surface area contributed by atoms with Gasteiger partial charge in [-0.2, -0.15) is 0 Å². The highest BCUT2D eigenvalue weighted by Crippen LogP contribution is 1.64. The fourth-order valence-corrected chi connectivity index (χ4v) is 2.49. The molecule has 62 valence electrons. The zero-order chi connectivity index (χ0) is 7.82. The van der Waals surface area contributed by atoms with Crippen molar-refractivity contribution in [2.75, 3.05) is 19.6 Å². The van der Waals surface area contributed by atoms with Gasteiger partial charge in [0.1, 0.15) is 0 Å². The summed E-state index contributed by atoms with van der Waals surface area (Å²) in [4.78, 5) is 10.2. The molecule has 0 bridgehead atoms. The van der Waals surface area contributed by atoms with Crippen molar-refractivity contribution in [2.45, 2.75) is 20.8 Å².